The minimum absolute atomic E-state index is 0. The van der Waals surface area contributed by atoms with Crippen molar-refractivity contribution in [3.8, 4) is 10.4 Å². The summed E-state index contributed by atoms with van der Waals surface area (Å²) < 4.78 is 91.6. The zero-order valence-corrected chi connectivity index (χ0v) is 46.2. The van der Waals surface area contributed by atoms with E-state index in [2.05, 4.69) is 50.8 Å². The first-order chi connectivity index (χ1) is 32.4. The van der Waals surface area contributed by atoms with Crippen LogP contribution < -0.4 is 5.46 Å². The number of hydrogen-bond donors (Lipinski definition) is 2. The summed E-state index contributed by atoms with van der Waals surface area (Å²) in [4.78, 5) is 36.1. The van der Waals surface area contributed by atoms with E-state index in [0.29, 0.717) is 20.5 Å². The Balaban J connectivity index is 0.000000462. The van der Waals surface area contributed by atoms with Gasteiger partial charge in [0.05, 0.1) is 32.5 Å². The predicted molar refractivity (Wildman–Crippen MR) is 274 cm³/mol. The van der Waals surface area contributed by atoms with Gasteiger partial charge in [0.1, 0.15) is 14.6 Å². The van der Waals surface area contributed by atoms with Crippen LogP contribution in [0.15, 0.2) is 82.0 Å². The van der Waals surface area contributed by atoms with Crippen molar-refractivity contribution >= 4 is 94.1 Å². The van der Waals surface area contributed by atoms with Crippen LogP contribution in [0.25, 0.3) is 10.4 Å². The third kappa shape index (κ3) is 20.5. The van der Waals surface area contributed by atoms with Crippen LogP contribution in [-0.2, 0) is 42.9 Å². The molecule has 0 amide bonds. The molecule has 70 heavy (non-hydrogen) atoms. The van der Waals surface area contributed by atoms with Gasteiger partial charge in [-0.15, -0.1) is 34.0 Å². The number of methoxy groups -OCH3 is 3. The summed E-state index contributed by atoms with van der Waals surface area (Å²) in [6.45, 7) is 0. The number of ether oxygens (including phenoxy) is 3. The fourth-order valence-electron chi connectivity index (χ4n) is 7.54. The first-order valence-corrected chi connectivity index (χ1v) is 31.7. The van der Waals surface area contributed by atoms with Crippen LogP contribution in [0.4, 0.5) is 26.3 Å². The Morgan fingerprint density at radius 2 is 1.11 bits per heavy atom. The van der Waals surface area contributed by atoms with Crippen molar-refractivity contribution < 1.29 is 81.3 Å². The zero-order valence-electron chi connectivity index (χ0n) is 37.6. The second-order valence-electron chi connectivity index (χ2n) is 15.3. The van der Waals surface area contributed by atoms with E-state index in [1.807, 2.05) is 11.4 Å². The summed E-state index contributed by atoms with van der Waals surface area (Å²) in [6, 6.07) is 15.3. The molecular weight excluding hydrogens is 1160 g/mol. The second kappa shape index (κ2) is 33.0. The molecule has 0 radical (unpaired) electrons. The van der Waals surface area contributed by atoms with Gasteiger partial charge in [-0.05, 0) is 99.7 Å². The summed E-state index contributed by atoms with van der Waals surface area (Å²) in [7, 11) is 1.98. The number of alkyl halides is 6. The fraction of sp³-hybridized carbons (Fsp3) is 0.429. The summed E-state index contributed by atoms with van der Waals surface area (Å²) in [5.41, 5.74) is 0.0945. The van der Waals surface area contributed by atoms with E-state index in [-0.39, 0.29) is 38.3 Å². The molecule has 3 aromatic heterocycles. The number of benzene rings is 2. The molecule has 3 heterocycles. The van der Waals surface area contributed by atoms with Crippen molar-refractivity contribution in [2.75, 3.05) is 21.3 Å². The zero-order chi connectivity index (χ0) is 50.4. The topological polar surface area (TPSA) is 119 Å². The first kappa shape index (κ1) is 65.1. The number of carbonyl (C=O) groups is 3. The SMILES string of the molecule is C.C.COC(=O)c1cc(Br)cs1.COC(=O)c1cc(C2CCCC2)c(-c2ccccc2C(F)(F)F)s1.COC(=O)c1cc(C2CCCC2)cs1.OB(O)c1ccccc1C(F)(F)F.[CH-]1CCCC1.[Zn+][Br]. The van der Waals surface area contributed by atoms with Gasteiger partial charge < -0.3 is 30.7 Å². The van der Waals surface area contributed by atoms with E-state index >= 15 is 0 Å². The van der Waals surface area contributed by atoms with Gasteiger partial charge in [0.2, 0.25) is 0 Å². The molecule has 8 nitrogen and oxygen atoms in total. The van der Waals surface area contributed by atoms with Crippen LogP contribution >= 0.6 is 63.6 Å². The summed E-state index contributed by atoms with van der Waals surface area (Å²) in [5, 5.41) is 21.2. The third-order valence-corrected chi connectivity index (χ3v) is 14.6. The minimum atomic E-state index is -4.56. The van der Waals surface area contributed by atoms with E-state index in [9.17, 15) is 40.7 Å². The van der Waals surface area contributed by atoms with E-state index in [1.54, 1.807) is 18.2 Å². The van der Waals surface area contributed by atoms with Gasteiger partial charge in [-0.1, -0.05) is 95.8 Å². The predicted octanol–water partition coefficient (Wildman–Crippen LogP) is 15.6. The summed E-state index contributed by atoms with van der Waals surface area (Å²) in [5.74, 6) is -0.106. The van der Waals surface area contributed by atoms with Gasteiger partial charge in [-0.25, -0.2) is 14.4 Å². The Morgan fingerprint density at radius 3 is 1.56 bits per heavy atom. The van der Waals surface area contributed by atoms with Crippen molar-refractivity contribution in [2.24, 2.45) is 0 Å². The quantitative estimate of drug-likeness (QED) is 0.0544. The number of hydrogen-bond acceptors (Lipinski definition) is 11. The summed E-state index contributed by atoms with van der Waals surface area (Å²) >= 11 is 11.4. The Hall–Kier alpha value is -2.90. The molecular formula is C49H59BBr2F6O8S3Zn. The van der Waals surface area contributed by atoms with Crippen molar-refractivity contribution in [3.63, 3.8) is 0 Å². The van der Waals surface area contributed by atoms with Gasteiger partial charge in [0.15, 0.2) is 0 Å². The van der Waals surface area contributed by atoms with Crippen molar-refractivity contribution in [1.29, 1.82) is 0 Å². The van der Waals surface area contributed by atoms with Crippen LogP contribution in [0.1, 0.15) is 155 Å². The molecule has 382 valence electrons. The van der Waals surface area contributed by atoms with Crippen molar-refractivity contribution in [2.45, 2.75) is 116 Å². The van der Waals surface area contributed by atoms with Crippen molar-refractivity contribution in [3.05, 3.63) is 125 Å². The molecule has 3 saturated carbocycles. The third-order valence-electron chi connectivity index (χ3n) is 10.8. The second-order valence-corrected chi connectivity index (χ2v) is 19.1. The average Bonchev–Trinajstić information content (AvgIpc) is 4.19. The number of thiophene rings is 3. The van der Waals surface area contributed by atoms with Crippen LogP contribution in [-0.4, -0.2) is 56.4 Å². The van der Waals surface area contributed by atoms with Crippen molar-refractivity contribution in [1.82, 2.24) is 0 Å². The monoisotopic (exact) mass is 1220 g/mol. The van der Waals surface area contributed by atoms with Gasteiger partial charge >= 0.3 is 67.3 Å². The molecule has 0 bridgehead atoms. The van der Waals surface area contributed by atoms with Crippen LogP contribution in [0.2, 0.25) is 0 Å². The van der Waals surface area contributed by atoms with Crippen LogP contribution in [0.3, 0.4) is 0 Å². The van der Waals surface area contributed by atoms with Gasteiger partial charge in [0.25, 0.3) is 0 Å². The molecule has 0 atom stereocenters. The van der Waals surface area contributed by atoms with E-state index in [0.717, 1.165) is 70.1 Å². The molecule has 3 aliphatic rings. The van der Waals surface area contributed by atoms with E-state index < -0.39 is 42.0 Å². The fourth-order valence-corrected chi connectivity index (χ4v) is 11.0. The van der Waals surface area contributed by atoms with Gasteiger partial charge in [-0.3, -0.25) is 0 Å². The maximum absolute atomic E-state index is 13.4. The van der Waals surface area contributed by atoms with Crippen LogP contribution in [0.5, 0.6) is 0 Å². The number of esters is 3. The molecule has 3 aliphatic carbocycles. The molecule has 0 spiro atoms. The average molecular weight is 1220 g/mol. The van der Waals surface area contributed by atoms with E-state index in [4.69, 9.17) is 14.8 Å². The maximum atomic E-state index is 13.4. The first-order valence-electron chi connectivity index (χ1n) is 21.4. The number of rotatable bonds is 7. The summed E-state index contributed by atoms with van der Waals surface area (Å²) in [6.07, 6.45) is 8.23. The normalized spacial score (nSPS) is 14.1. The Morgan fingerprint density at radius 1 is 0.657 bits per heavy atom. The molecule has 5 aromatic rings. The van der Waals surface area contributed by atoms with Crippen LogP contribution in [0, 0.1) is 6.42 Å². The molecule has 2 aromatic carbocycles. The molecule has 0 unspecified atom stereocenters. The van der Waals surface area contributed by atoms with Gasteiger partial charge in [-0.2, -0.15) is 39.2 Å². The molecule has 8 rings (SSSR count). The number of halogens is 8. The Labute approximate surface area is 445 Å². The Bertz CT molecular complexity index is 2300. The molecule has 3 fully saturated rings. The molecule has 21 heteroatoms. The molecule has 2 N–H and O–H groups in total. The van der Waals surface area contributed by atoms with Gasteiger partial charge in [0, 0.05) is 20.3 Å². The number of carbonyl (C=O) groups excluding carboxylic acids is 3. The Kier molecular flexibility index (Phi) is 30.7. The standard InChI is InChI=1S/C18H17F3O2S.C11H14O2S.C7H6BF3O2.C6H5BrO2S.C5H9.2CH4.BrH.Zn/c1-23-17(22)15-10-13(11-6-2-3-7-11)16(24-15)12-8-4-5-9-14(12)18(19,20)21;1-13-11(12)10-6-9(7-14-10)8-4-2-3-5-8;9-7(10,11)5-3-1-2-4-6(5)8(12)13;1-9-6(8)5-2-4(7)3-10-5;1-2-4-5-3-1;;;;/h4-5,8-11H,2-3,6-7H2,1H3;6-8H,2-5H2,1H3;1-4,12-13H;2-3H,1H3;1H,2-5H2;2*1H4;1H;/q;;;;-1;;;;+2/p-1. The molecule has 0 aliphatic heterocycles. The van der Waals surface area contributed by atoms with E-state index in [1.165, 1.54) is 142 Å². The molecule has 0 saturated heterocycles.